The van der Waals surface area contributed by atoms with Crippen LogP contribution in [0.4, 0.5) is 0 Å². The Hall–Kier alpha value is -1.55. The van der Waals surface area contributed by atoms with Gasteiger partial charge in [-0.05, 0) is 56.5 Å². The Kier molecular flexibility index (Phi) is 6.52. The quantitative estimate of drug-likeness (QED) is 0.766. The Morgan fingerprint density at radius 1 is 1.35 bits per heavy atom. The predicted octanol–water partition coefficient (Wildman–Crippen LogP) is 2.23. The van der Waals surface area contributed by atoms with E-state index in [1.807, 2.05) is 19.9 Å². The summed E-state index contributed by atoms with van der Waals surface area (Å²) in [5, 5.41) is 3.14. The summed E-state index contributed by atoms with van der Waals surface area (Å²) in [5.41, 5.74) is 8.92. The normalized spacial score (nSPS) is 12.2. The van der Waals surface area contributed by atoms with Crippen LogP contribution in [0.1, 0.15) is 36.5 Å². The molecule has 20 heavy (non-hydrogen) atoms. The molecular weight excluding hydrogens is 252 g/mol. The van der Waals surface area contributed by atoms with Gasteiger partial charge in [-0.25, -0.2) is 0 Å². The van der Waals surface area contributed by atoms with Crippen molar-refractivity contribution >= 4 is 5.91 Å². The van der Waals surface area contributed by atoms with Crippen LogP contribution in [0.25, 0.3) is 0 Å². The Labute approximate surface area is 121 Å². The lowest BCUT2D eigenvalue weighted by Crippen LogP contribution is -2.42. The van der Waals surface area contributed by atoms with Gasteiger partial charge in [0.05, 0.1) is 12.6 Å². The molecule has 4 heteroatoms. The minimum absolute atomic E-state index is 0.318. The van der Waals surface area contributed by atoms with E-state index in [0.717, 1.165) is 24.3 Å². The van der Waals surface area contributed by atoms with Crippen molar-refractivity contribution in [3.63, 3.8) is 0 Å². The highest BCUT2D eigenvalue weighted by Gasteiger charge is 2.14. The zero-order valence-corrected chi connectivity index (χ0v) is 13.0. The molecule has 1 atom stereocenters. The number of primary amides is 1. The maximum Gasteiger partial charge on any atom is 0.234 e. The lowest BCUT2D eigenvalue weighted by Gasteiger charge is -2.17. The SMILES string of the molecule is CCCNC(CCOc1cc(C)cc(C)c1C)C(N)=O. The van der Waals surface area contributed by atoms with E-state index in [1.54, 1.807) is 0 Å². The largest absolute Gasteiger partial charge is 0.493 e. The average molecular weight is 278 g/mol. The third-order valence-electron chi connectivity index (χ3n) is 3.41. The third kappa shape index (κ3) is 4.85. The molecule has 112 valence electrons. The number of ether oxygens (including phenoxy) is 1. The van der Waals surface area contributed by atoms with Gasteiger partial charge in [0.15, 0.2) is 0 Å². The number of nitrogens with one attached hydrogen (secondary N) is 1. The van der Waals surface area contributed by atoms with Crippen molar-refractivity contribution in [2.75, 3.05) is 13.2 Å². The van der Waals surface area contributed by atoms with Crippen molar-refractivity contribution in [1.82, 2.24) is 5.32 Å². The molecule has 0 bridgehead atoms. The van der Waals surface area contributed by atoms with Crippen molar-refractivity contribution in [3.8, 4) is 5.75 Å². The Balaban J connectivity index is 2.56. The second kappa shape index (κ2) is 7.90. The van der Waals surface area contributed by atoms with Crippen LogP contribution in [0.3, 0.4) is 0 Å². The third-order valence-corrected chi connectivity index (χ3v) is 3.41. The van der Waals surface area contributed by atoms with E-state index in [4.69, 9.17) is 10.5 Å². The number of rotatable bonds is 8. The lowest BCUT2D eigenvalue weighted by molar-refractivity contribution is -0.120. The van der Waals surface area contributed by atoms with Gasteiger partial charge >= 0.3 is 0 Å². The number of amides is 1. The van der Waals surface area contributed by atoms with Crippen LogP contribution in [0.15, 0.2) is 12.1 Å². The summed E-state index contributed by atoms with van der Waals surface area (Å²) in [4.78, 5) is 11.3. The highest BCUT2D eigenvalue weighted by Crippen LogP contribution is 2.23. The number of aryl methyl sites for hydroxylation is 2. The fourth-order valence-corrected chi connectivity index (χ4v) is 2.10. The second-order valence-electron chi connectivity index (χ2n) is 5.25. The Morgan fingerprint density at radius 2 is 2.05 bits per heavy atom. The molecule has 0 saturated carbocycles. The first-order valence-corrected chi connectivity index (χ1v) is 7.19. The fraction of sp³-hybridized carbons (Fsp3) is 0.562. The maximum atomic E-state index is 11.3. The summed E-state index contributed by atoms with van der Waals surface area (Å²) in [6.45, 7) is 9.49. The van der Waals surface area contributed by atoms with Gasteiger partial charge in [0.1, 0.15) is 5.75 Å². The topological polar surface area (TPSA) is 64.3 Å². The van der Waals surface area contributed by atoms with E-state index in [-0.39, 0.29) is 11.9 Å². The van der Waals surface area contributed by atoms with Gasteiger partial charge < -0.3 is 15.8 Å². The molecule has 1 aromatic rings. The zero-order chi connectivity index (χ0) is 15.1. The molecular formula is C16H26N2O2. The minimum atomic E-state index is -0.320. The summed E-state index contributed by atoms with van der Waals surface area (Å²) in [7, 11) is 0. The van der Waals surface area contributed by atoms with Crippen LogP contribution < -0.4 is 15.8 Å². The highest BCUT2D eigenvalue weighted by molar-refractivity contribution is 5.79. The van der Waals surface area contributed by atoms with Gasteiger partial charge in [0.25, 0.3) is 0 Å². The number of carbonyl (C=O) groups is 1. The first-order valence-electron chi connectivity index (χ1n) is 7.19. The molecule has 0 saturated heterocycles. The molecule has 3 N–H and O–H groups in total. The number of hydrogen-bond acceptors (Lipinski definition) is 3. The first-order chi connectivity index (χ1) is 9.45. The van der Waals surface area contributed by atoms with Crippen molar-refractivity contribution in [2.24, 2.45) is 5.73 Å². The maximum absolute atomic E-state index is 11.3. The number of hydrogen-bond donors (Lipinski definition) is 2. The van der Waals surface area contributed by atoms with E-state index < -0.39 is 0 Å². The molecule has 1 amide bonds. The van der Waals surface area contributed by atoms with Crippen LogP contribution in [-0.2, 0) is 4.79 Å². The summed E-state index contributed by atoms with van der Waals surface area (Å²) >= 11 is 0. The van der Waals surface area contributed by atoms with E-state index >= 15 is 0 Å². The molecule has 1 rings (SSSR count). The number of benzene rings is 1. The number of nitrogens with two attached hydrogens (primary N) is 1. The molecule has 0 aliphatic rings. The molecule has 1 unspecified atom stereocenters. The van der Waals surface area contributed by atoms with E-state index in [2.05, 4.69) is 25.2 Å². The van der Waals surface area contributed by atoms with Crippen LogP contribution in [-0.4, -0.2) is 25.1 Å². The molecule has 4 nitrogen and oxygen atoms in total. The van der Waals surface area contributed by atoms with Gasteiger partial charge in [-0.1, -0.05) is 13.0 Å². The molecule has 0 spiro atoms. The molecule has 0 aliphatic heterocycles. The first kappa shape index (κ1) is 16.5. The van der Waals surface area contributed by atoms with Crippen LogP contribution in [0.5, 0.6) is 5.75 Å². The fourth-order valence-electron chi connectivity index (χ4n) is 2.10. The van der Waals surface area contributed by atoms with Crippen molar-refractivity contribution in [1.29, 1.82) is 0 Å². The summed E-state index contributed by atoms with van der Waals surface area (Å²) < 4.78 is 5.81. The molecule has 1 aromatic carbocycles. The minimum Gasteiger partial charge on any atom is -0.493 e. The summed E-state index contributed by atoms with van der Waals surface area (Å²) in [6.07, 6.45) is 1.56. The monoisotopic (exact) mass is 278 g/mol. The molecule has 0 radical (unpaired) electrons. The predicted molar refractivity (Wildman–Crippen MR) is 82.0 cm³/mol. The zero-order valence-electron chi connectivity index (χ0n) is 13.0. The van der Waals surface area contributed by atoms with E-state index in [0.29, 0.717) is 13.0 Å². The van der Waals surface area contributed by atoms with Crippen LogP contribution in [0.2, 0.25) is 0 Å². The smallest absolute Gasteiger partial charge is 0.234 e. The van der Waals surface area contributed by atoms with Gasteiger partial charge in [-0.15, -0.1) is 0 Å². The summed E-state index contributed by atoms with van der Waals surface area (Å²) in [6, 6.07) is 3.85. The average Bonchev–Trinajstić information content (AvgIpc) is 2.38. The Morgan fingerprint density at radius 3 is 2.65 bits per heavy atom. The van der Waals surface area contributed by atoms with Gasteiger partial charge in [-0.3, -0.25) is 4.79 Å². The molecule has 0 aromatic heterocycles. The van der Waals surface area contributed by atoms with Gasteiger partial charge in [0, 0.05) is 6.42 Å². The van der Waals surface area contributed by atoms with Crippen molar-refractivity contribution < 1.29 is 9.53 Å². The van der Waals surface area contributed by atoms with Crippen molar-refractivity contribution in [2.45, 2.75) is 46.6 Å². The number of carbonyl (C=O) groups excluding carboxylic acids is 1. The molecule has 0 heterocycles. The summed E-state index contributed by atoms with van der Waals surface area (Å²) in [5.74, 6) is 0.570. The van der Waals surface area contributed by atoms with E-state index in [9.17, 15) is 4.79 Å². The van der Waals surface area contributed by atoms with E-state index in [1.165, 1.54) is 11.1 Å². The van der Waals surface area contributed by atoms with Gasteiger partial charge in [-0.2, -0.15) is 0 Å². The lowest BCUT2D eigenvalue weighted by atomic mass is 10.1. The Bertz CT molecular complexity index is 458. The van der Waals surface area contributed by atoms with Gasteiger partial charge in [0.2, 0.25) is 5.91 Å². The second-order valence-corrected chi connectivity index (χ2v) is 5.25. The molecule has 0 fully saturated rings. The van der Waals surface area contributed by atoms with Crippen molar-refractivity contribution in [3.05, 3.63) is 28.8 Å². The molecule has 0 aliphatic carbocycles. The standard InChI is InChI=1S/C16H26N2O2/c1-5-7-18-14(16(17)19)6-8-20-15-10-11(2)9-12(3)13(15)4/h9-10,14,18H,5-8H2,1-4H3,(H2,17,19). The highest BCUT2D eigenvalue weighted by atomic mass is 16.5. The van der Waals surface area contributed by atoms with Crippen LogP contribution >= 0.6 is 0 Å². The van der Waals surface area contributed by atoms with Crippen LogP contribution in [0, 0.1) is 20.8 Å².